The van der Waals surface area contributed by atoms with Gasteiger partial charge >= 0.3 is 5.69 Å². The fourth-order valence-corrected chi connectivity index (χ4v) is 5.65. The Kier molecular flexibility index (Phi) is 6.91. The van der Waals surface area contributed by atoms with Crippen LogP contribution in [0.3, 0.4) is 0 Å². The van der Waals surface area contributed by atoms with Crippen LogP contribution in [0.1, 0.15) is 29.9 Å². The summed E-state index contributed by atoms with van der Waals surface area (Å²) in [7, 11) is 4.76. The Hall–Kier alpha value is -2.97. The van der Waals surface area contributed by atoms with Gasteiger partial charge in [-0.05, 0) is 55.0 Å². The van der Waals surface area contributed by atoms with E-state index in [1.54, 1.807) is 19.2 Å². The smallest absolute Gasteiger partial charge is 0.328 e. The van der Waals surface area contributed by atoms with Crippen molar-refractivity contribution in [3.8, 4) is 17.2 Å². The number of fused-ring (bicyclic) bond motifs is 4. The van der Waals surface area contributed by atoms with Crippen molar-refractivity contribution >= 4 is 23.3 Å². The quantitative estimate of drug-likeness (QED) is 0.555. The molecule has 0 amide bonds. The maximum atomic E-state index is 13.2. The van der Waals surface area contributed by atoms with Gasteiger partial charge in [0, 0.05) is 24.6 Å². The van der Waals surface area contributed by atoms with Crippen LogP contribution in [0.4, 0.5) is 0 Å². The van der Waals surface area contributed by atoms with E-state index in [0.717, 1.165) is 25.1 Å². The van der Waals surface area contributed by atoms with Crippen LogP contribution < -0.4 is 30.8 Å². The van der Waals surface area contributed by atoms with E-state index in [1.165, 1.54) is 29.9 Å². The summed E-state index contributed by atoms with van der Waals surface area (Å²) < 4.78 is 17.5. The lowest BCUT2D eigenvalue weighted by Crippen LogP contribution is -2.38. The lowest BCUT2D eigenvalue weighted by Gasteiger charge is -2.32. The van der Waals surface area contributed by atoms with Crippen LogP contribution in [-0.4, -0.2) is 43.5 Å². The first-order valence-corrected chi connectivity index (χ1v) is 11.3. The van der Waals surface area contributed by atoms with Gasteiger partial charge in [-0.1, -0.05) is 12.1 Å². The summed E-state index contributed by atoms with van der Waals surface area (Å²) in [6.45, 7) is 1.28. The molecule has 1 fully saturated rings. The second kappa shape index (κ2) is 9.72. The minimum absolute atomic E-state index is 0. The molecule has 2 N–H and O–H groups in total. The van der Waals surface area contributed by atoms with E-state index < -0.39 is 5.69 Å². The third-order valence-electron chi connectivity index (χ3n) is 7.25. The number of aromatic amines is 1. The van der Waals surface area contributed by atoms with E-state index in [-0.39, 0.29) is 24.0 Å². The average Bonchev–Trinajstić information content (AvgIpc) is 3.26. The summed E-state index contributed by atoms with van der Waals surface area (Å²) >= 11 is 0. The highest BCUT2D eigenvalue weighted by Crippen LogP contribution is 2.45. The Labute approximate surface area is 203 Å². The van der Waals surface area contributed by atoms with Gasteiger partial charge < -0.3 is 24.5 Å². The SMILES string of the molecule is COc1cc2[nH]c(=O)n(CCC3NC[C@@H]4CCc5c(OC)cccc5[C@H]34)c(=O)c2cc1OC.Cl. The highest BCUT2D eigenvalue weighted by molar-refractivity contribution is 5.85. The van der Waals surface area contributed by atoms with E-state index in [2.05, 4.69) is 22.4 Å². The zero-order valence-electron chi connectivity index (χ0n) is 19.6. The van der Waals surface area contributed by atoms with Gasteiger partial charge in [-0.2, -0.15) is 0 Å². The molecular formula is C25H30ClN3O5. The molecule has 5 rings (SSSR count). The zero-order valence-corrected chi connectivity index (χ0v) is 20.4. The van der Waals surface area contributed by atoms with Gasteiger partial charge in [0.05, 0.1) is 32.2 Å². The minimum Gasteiger partial charge on any atom is -0.496 e. The molecule has 1 aliphatic carbocycles. The van der Waals surface area contributed by atoms with Crippen molar-refractivity contribution in [1.29, 1.82) is 0 Å². The van der Waals surface area contributed by atoms with Crippen molar-refractivity contribution in [3.05, 3.63) is 62.3 Å². The first-order valence-electron chi connectivity index (χ1n) is 11.3. The maximum Gasteiger partial charge on any atom is 0.328 e. The largest absolute Gasteiger partial charge is 0.496 e. The van der Waals surface area contributed by atoms with Crippen LogP contribution in [0, 0.1) is 5.92 Å². The van der Waals surface area contributed by atoms with Crippen molar-refractivity contribution in [2.75, 3.05) is 27.9 Å². The molecule has 1 aromatic heterocycles. The molecule has 1 unspecified atom stereocenters. The number of hydrogen-bond donors (Lipinski definition) is 2. The fraction of sp³-hybridized carbons (Fsp3) is 0.440. The number of H-pyrrole nitrogens is 1. The second-order valence-electron chi connectivity index (χ2n) is 8.80. The summed E-state index contributed by atoms with van der Waals surface area (Å²) in [6, 6.07) is 9.70. The molecule has 1 aliphatic heterocycles. The Morgan fingerprint density at radius 1 is 1.03 bits per heavy atom. The maximum absolute atomic E-state index is 13.2. The number of methoxy groups -OCH3 is 3. The number of hydrogen-bond acceptors (Lipinski definition) is 6. The van der Waals surface area contributed by atoms with Crippen molar-refractivity contribution < 1.29 is 14.2 Å². The number of benzene rings is 2. The van der Waals surface area contributed by atoms with Crippen LogP contribution in [-0.2, 0) is 13.0 Å². The Bertz CT molecular complexity index is 1320. The van der Waals surface area contributed by atoms with Gasteiger partial charge in [-0.25, -0.2) is 4.79 Å². The van der Waals surface area contributed by atoms with E-state index in [0.29, 0.717) is 47.2 Å². The van der Waals surface area contributed by atoms with Crippen LogP contribution in [0.5, 0.6) is 17.2 Å². The highest BCUT2D eigenvalue weighted by atomic mass is 35.5. The Morgan fingerprint density at radius 3 is 2.50 bits per heavy atom. The molecule has 2 heterocycles. The highest BCUT2D eigenvalue weighted by Gasteiger charge is 2.40. The lowest BCUT2D eigenvalue weighted by atomic mass is 9.73. The normalized spacial score (nSPS) is 20.9. The number of rotatable bonds is 6. The molecule has 2 aromatic carbocycles. The van der Waals surface area contributed by atoms with Crippen LogP contribution in [0.15, 0.2) is 39.9 Å². The minimum atomic E-state index is -0.417. The van der Waals surface area contributed by atoms with Gasteiger partial charge in [-0.15, -0.1) is 12.4 Å². The standard InChI is InChI=1S/C25H29N3O5.ClH/c1-31-20-6-4-5-16-15(20)8-7-14-13-26-18(23(14)16)9-10-28-24(29)17-11-21(32-2)22(33-3)12-19(17)27-25(28)30;/h4-6,11-12,14,18,23,26H,7-10,13H2,1-3H3,(H,27,30);1H/t14-,18?,23+;/m0./s1. The van der Waals surface area contributed by atoms with Crippen LogP contribution in [0.2, 0.25) is 0 Å². The third kappa shape index (κ3) is 3.95. The van der Waals surface area contributed by atoms with E-state index in [1.807, 2.05) is 6.07 Å². The van der Waals surface area contributed by atoms with Gasteiger partial charge in [0.15, 0.2) is 11.5 Å². The number of nitrogens with one attached hydrogen (secondary N) is 2. The van der Waals surface area contributed by atoms with E-state index in [9.17, 15) is 9.59 Å². The van der Waals surface area contributed by atoms with E-state index in [4.69, 9.17) is 14.2 Å². The molecular weight excluding hydrogens is 458 g/mol. The number of halogens is 1. The van der Waals surface area contributed by atoms with Crippen molar-refractivity contribution in [2.45, 2.75) is 37.8 Å². The zero-order chi connectivity index (χ0) is 23.1. The van der Waals surface area contributed by atoms with Gasteiger partial charge in [-0.3, -0.25) is 9.36 Å². The topological polar surface area (TPSA) is 94.6 Å². The number of aromatic nitrogens is 2. The predicted molar refractivity (Wildman–Crippen MR) is 133 cm³/mol. The van der Waals surface area contributed by atoms with Gasteiger partial charge in [0.25, 0.3) is 5.56 Å². The van der Waals surface area contributed by atoms with Gasteiger partial charge in [0.1, 0.15) is 5.75 Å². The van der Waals surface area contributed by atoms with Crippen molar-refractivity contribution in [3.63, 3.8) is 0 Å². The van der Waals surface area contributed by atoms with Gasteiger partial charge in [0.2, 0.25) is 0 Å². The summed E-state index contributed by atoms with van der Waals surface area (Å²) in [5.41, 5.74) is 2.31. The monoisotopic (exact) mass is 487 g/mol. The fourth-order valence-electron chi connectivity index (χ4n) is 5.65. The molecule has 3 aromatic rings. The molecule has 0 bridgehead atoms. The average molecular weight is 488 g/mol. The lowest BCUT2D eigenvalue weighted by molar-refractivity contribution is 0.355. The molecule has 9 heteroatoms. The predicted octanol–water partition coefficient (Wildman–Crippen LogP) is 2.85. The Morgan fingerprint density at radius 2 is 1.76 bits per heavy atom. The number of ether oxygens (including phenoxy) is 3. The molecule has 182 valence electrons. The first-order chi connectivity index (χ1) is 16.0. The first kappa shape index (κ1) is 24.2. The molecule has 3 atom stereocenters. The second-order valence-corrected chi connectivity index (χ2v) is 8.80. The molecule has 8 nitrogen and oxygen atoms in total. The summed E-state index contributed by atoms with van der Waals surface area (Å²) in [5, 5.41) is 4.05. The molecule has 0 spiro atoms. The van der Waals surface area contributed by atoms with Crippen LogP contribution in [0.25, 0.3) is 10.9 Å². The molecule has 34 heavy (non-hydrogen) atoms. The molecule has 2 aliphatic rings. The van der Waals surface area contributed by atoms with Crippen molar-refractivity contribution in [2.24, 2.45) is 5.92 Å². The summed E-state index contributed by atoms with van der Waals surface area (Å²) in [5.74, 6) is 2.77. The third-order valence-corrected chi connectivity index (χ3v) is 7.25. The number of nitrogens with zero attached hydrogens (tertiary/aromatic N) is 1. The molecule has 1 saturated heterocycles. The molecule has 0 radical (unpaired) electrons. The van der Waals surface area contributed by atoms with Crippen molar-refractivity contribution in [1.82, 2.24) is 14.9 Å². The van der Waals surface area contributed by atoms with Crippen LogP contribution >= 0.6 is 12.4 Å². The summed E-state index contributed by atoms with van der Waals surface area (Å²) in [6.07, 6.45) is 2.81. The summed E-state index contributed by atoms with van der Waals surface area (Å²) in [4.78, 5) is 28.8. The Balaban J connectivity index is 0.00000274. The molecule has 0 saturated carbocycles. The van der Waals surface area contributed by atoms with E-state index >= 15 is 0 Å².